The summed E-state index contributed by atoms with van der Waals surface area (Å²) in [5.41, 5.74) is 0. The summed E-state index contributed by atoms with van der Waals surface area (Å²) in [5, 5.41) is 0. The van der Waals surface area contributed by atoms with Gasteiger partial charge >= 0.3 is 0 Å². The Morgan fingerprint density at radius 2 is 2.33 bits per heavy atom. The number of hydrogen-bond donors (Lipinski definition) is 0. The molecule has 1 aliphatic carbocycles. The van der Waals surface area contributed by atoms with Crippen LogP contribution in [0.4, 0.5) is 0 Å². The van der Waals surface area contributed by atoms with Crippen LogP contribution in [0.5, 0.6) is 0 Å². The van der Waals surface area contributed by atoms with Gasteiger partial charge in [0.05, 0.1) is 0 Å². The van der Waals surface area contributed by atoms with Gasteiger partial charge in [0.15, 0.2) is 0 Å². The predicted molar refractivity (Wildman–Crippen MR) is 37.1 cm³/mol. The van der Waals surface area contributed by atoms with Gasteiger partial charge in [0, 0.05) is 12.3 Å². The van der Waals surface area contributed by atoms with Crippen molar-refractivity contribution in [1.82, 2.24) is 0 Å². The molecule has 0 aromatic heterocycles. The fourth-order valence-electron chi connectivity index (χ4n) is 0.787. The first kappa shape index (κ1) is 6.27. The van der Waals surface area contributed by atoms with Gasteiger partial charge in [-0.25, -0.2) is 0 Å². The second kappa shape index (κ2) is 2.62. The van der Waals surface area contributed by atoms with Crippen molar-refractivity contribution in [2.75, 3.05) is 0 Å². The molecule has 0 aliphatic heterocycles. The van der Waals surface area contributed by atoms with Crippen molar-refractivity contribution in [3.05, 3.63) is 24.3 Å². The summed E-state index contributed by atoms with van der Waals surface area (Å²) in [4.78, 5) is 10.9. The van der Waals surface area contributed by atoms with Crippen LogP contribution in [-0.2, 0) is 4.79 Å². The zero-order valence-electron chi connectivity index (χ0n) is 5.50. The fraction of sp³-hybridized carbons (Fsp3) is 0.375. The van der Waals surface area contributed by atoms with E-state index in [-0.39, 0.29) is 5.92 Å². The van der Waals surface area contributed by atoms with Crippen molar-refractivity contribution < 1.29 is 4.79 Å². The smallest absolute Gasteiger partial charge is 0.143 e. The van der Waals surface area contributed by atoms with Crippen LogP contribution in [-0.4, -0.2) is 5.78 Å². The number of carbonyl (C=O) groups excluding carboxylic acids is 1. The number of rotatable bonds is 0. The van der Waals surface area contributed by atoms with E-state index in [1.807, 2.05) is 31.2 Å². The molecule has 0 N–H and O–H groups in total. The third-order valence-electron chi connectivity index (χ3n) is 1.47. The van der Waals surface area contributed by atoms with Crippen molar-refractivity contribution in [2.45, 2.75) is 13.3 Å². The Bertz CT molecular complexity index is 165. The van der Waals surface area contributed by atoms with E-state index in [0.717, 1.165) is 0 Å². The molecule has 1 atom stereocenters. The largest absolute Gasteiger partial charge is 0.299 e. The van der Waals surface area contributed by atoms with Gasteiger partial charge in [0.25, 0.3) is 0 Å². The van der Waals surface area contributed by atoms with Gasteiger partial charge in [-0.15, -0.1) is 0 Å². The fourth-order valence-corrected chi connectivity index (χ4v) is 0.787. The molecule has 0 saturated carbocycles. The van der Waals surface area contributed by atoms with Gasteiger partial charge in [-0.2, -0.15) is 0 Å². The minimum atomic E-state index is 0.111. The minimum Gasteiger partial charge on any atom is -0.299 e. The Hall–Kier alpha value is -0.850. The number of hydrogen-bond acceptors (Lipinski definition) is 1. The maximum atomic E-state index is 10.9. The average Bonchev–Trinajstić information content (AvgIpc) is 1.99. The van der Waals surface area contributed by atoms with Crippen LogP contribution in [0.1, 0.15) is 13.3 Å². The molecule has 1 unspecified atom stereocenters. The maximum Gasteiger partial charge on any atom is 0.143 e. The summed E-state index contributed by atoms with van der Waals surface area (Å²) in [7, 11) is 0. The highest BCUT2D eigenvalue weighted by atomic mass is 16.1. The van der Waals surface area contributed by atoms with Crippen LogP contribution in [0.15, 0.2) is 24.3 Å². The summed E-state index contributed by atoms with van der Waals surface area (Å²) in [6, 6.07) is 0. The van der Waals surface area contributed by atoms with E-state index in [1.54, 1.807) is 0 Å². The molecule has 1 heteroatoms. The summed E-state index contributed by atoms with van der Waals surface area (Å²) in [6.07, 6.45) is 8.25. The molecule has 1 aliphatic rings. The molecule has 0 saturated heterocycles. The quantitative estimate of drug-likeness (QED) is 0.478. The van der Waals surface area contributed by atoms with Crippen molar-refractivity contribution in [1.29, 1.82) is 0 Å². The molecule has 0 amide bonds. The van der Waals surface area contributed by atoms with Crippen LogP contribution in [0, 0.1) is 5.92 Å². The lowest BCUT2D eigenvalue weighted by atomic mass is 10.1. The summed E-state index contributed by atoms with van der Waals surface area (Å²) < 4.78 is 0. The van der Waals surface area contributed by atoms with Crippen molar-refractivity contribution in [3.8, 4) is 0 Å². The maximum absolute atomic E-state index is 10.9. The normalized spacial score (nSPS) is 26.3. The standard InChI is InChI=1S/C8H10O/c1-7-5-3-2-4-6-8(7)9/h2-5,7H,6H2,1H3. The van der Waals surface area contributed by atoms with Gasteiger partial charge in [0.2, 0.25) is 0 Å². The Labute approximate surface area is 55.1 Å². The van der Waals surface area contributed by atoms with E-state index in [1.165, 1.54) is 0 Å². The highest BCUT2D eigenvalue weighted by molar-refractivity contribution is 5.84. The van der Waals surface area contributed by atoms with Gasteiger partial charge in [-0.3, -0.25) is 4.79 Å². The Kier molecular flexibility index (Phi) is 1.83. The summed E-state index contributed by atoms with van der Waals surface area (Å²) in [5.74, 6) is 0.417. The van der Waals surface area contributed by atoms with E-state index in [0.29, 0.717) is 12.2 Å². The van der Waals surface area contributed by atoms with Gasteiger partial charge in [-0.1, -0.05) is 31.2 Å². The third-order valence-corrected chi connectivity index (χ3v) is 1.47. The van der Waals surface area contributed by atoms with E-state index in [2.05, 4.69) is 0 Å². The van der Waals surface area contributed by atoms with Crippen LogP contribution >= 0.6 is 0 Å². The zero-order valence-corrected chi connectivity index (χ0v) is 5.50. The Morgan fingerprint density at radius 1 is 1.56 bits per heavy atom. The number of ketones is 1. The van der Waals surface area contributed by atoms with Crippen LogP contribution in [0.3, 0.4) is 0 Å². The van der Waals surface area contributed by atoms with E-state index >= 15 is 0 Å². The Balaban J connectivity index is 2.69. The lowest BCUT2D eigenvalue weighted by molar-refractivity contribution is -0.120. The minimum absolute atomic E-state index is 0.111. The number of Topliss-reactive ketones (excluding diaryl/α,β-unsaturated/α-hetero) is 1. The highest BCUT2D eigenvalue weighted by Crippen LogP contribution is 2.06. The number of allylic oxidation sites excluding steroid dienone is 4. The molecular weight excluding hydrogens is 112 g/mol. The van der Waals surface area contributed by atoms with E-state index < -0.39 is 0 Å². The van der Waals surface area contributed by atoms with Gasteiger partial charge in [-0.05, 0) is 0 Å². The molecule has 1 nitrogen and oxygen atoms in total. The lowest BCUT2D eigenvalue weighted by Crippen LogP contribution is -2.04. The lowest BCUT2D eigenvalue weighted by Gasteiger charge is -1.97. The molecular formula is C8H10O. The predicted octanol–water partition coefficient (Wildman–Crippen LogP) is 1.71. The molecule has 48 valence electrons. The highest BCUT2D eigenvalue weighted by Gasteiger charge is 2.07. The van der Waals surface area contributed by atoms with Crippen LogP contribution < -0.4 is 0 Å². The first-order valence-electron chi connectivity index (χ1n) is 3.17. The van der Waals surface area contributed by atoms with E-state index in [9.17, 15) is 4.79 Å². The first-order valence-corrected chi connectivity index (χ1v) is 3.17. The topological polar surface area (TPSA) is 17.1 Å². The van der Waals surface area contributed by atoms with Crippen molar-refractivity contribution in [2.24, 2.45) is 5.92 Å². The molecule has 0 aromatic carbocycles. The second-order valence-corrected chi connectivity index (χ2v) is 2.27. The molecule has 0 spiro atoms. The SMILES string of the molecule is CC1C=CC=CCC1=O. The summed E-state index contributed by atoms with van der Waals surface area (Å²) >= 11 is 0. The van der Waals surface area contributed by atoms with Crippen molar-refractivity contribution >= 4 is 5.78 Å². The Morgan fingerprint density at radius 3 is 3.11 bits per heavy atom. The molecule has 0 radical (unpaired) electrons. The zero-order chi connectivity index (χ0) is 6.69. The summed E-state index contributed by atoms with van der Waals surface area (Å²) in [6.45, 7) is 1.92. The second-order valence-electron chi connectivity index (χ2n) is 2.27. The molecule has 0 bridgehead atoms. The molecule has 0 heterocycles. The molecule has 0 fully saturated rings. The molecule has 1 rings (SSSR count). The molecule has 9 heavy (non-hydrogen) atoms. The van der Waals surface area contributed by atoms with Gasteiger partial charge < -0.3 is 0 Å². The van der Waals surface area contributed by atoms with Gasteiger partial charge in [0.1, 0.15) is 5.78 Å². The monoisotopic (exact) mass is 122 g/mol. The van der Waals surface area contributed by atoms with E-state index in [4.69, 9.17) is 0 Å². The molecule has 0 aromatic rings. The number of carbonyl (C=O) groups is 1. The third kappa shape index (κ3) is 1.53. The van der Waals surface area contributed by atoms with Crippen LogP contribution in [0.25, 0.3) is 0 Å². The van der Waals surface area contributed by atoms with Crippen LogP contribution in [0.2, 0.25) is 0 Å². The van der Waals surface area contributed by atoms with Crippen molar-refractivity contribution in [3.63, 3.8) is 0 Å². The first-order chi connectivity index (χ1) is 4.30. The average molecular weight is 122 g/mol.